The first-order valence-corrected chi connectivity index (χ1v) is 6.35. The Balaban J connectivity index is 2.27. The van der Waals surface area contributed by atoms with Gasteiger partial charge in [0.1, 0.15) is 11.6 Å². The maximum atomic E-state index is 11.6. The standard InChI is InChI=1S/C13H21N3O/c1-4-10-14-11(8-12(17)15-10)16-7-5-6-13(2,3)9-16/h8H,4-7,9H2,1-3H3,(H,14,15,17). The zero-order chi connectivity index (χ0) is 12.5. The van der Waals surface area contributed by atoms with Gasteiger partial charge in [0, 0.05) is 25.6 Å². The Labute approximate surface area is 102 Å². The van der Waals surface area contributed by atoms with E-state index in [1.54, 1.807) is 6.07 Å². The maximum Gasteiger partial charge on any atom is 0.252 e. The third kappa shape index (κ3) is 2.87. The van der Waals surface area contributed by atoms with Crippen molar-refractivity contribution in [1.82, 2.24) is 9.97 Å². The lowest BCUT2D eigenvalue weighted by Crippen LogP contribution is -2.41. The molecule has 0 spiro atoms. The number of rotatable bonds is 2. The number of hydrogen-bond acceptors (Lipinski definition) is 3. The van der Waals surface area contributed by atoms with Crippen molar-refractivity contribution in [3.05, 3.63) is 22.2 Å². The molecule has 2 rings (SSSR count). The highest BCUT2D eigenvalue weighted by Crippen LogP contribution is 2.30. The summed E-state index contributed by atoms with van der Waals surface area (Å²) in [4.78, 5) is 21.1. The SMILES string of the molecule is CCc1nc(N2CCCC(C)(C)C2)cc(=O)[nH]1. The van der Waals surface area contributed by atoms with Crippen LogP contribution in [0.1, 0.15) is 39.4 Å². The van der Waals surface area contributed by atoms with Crippen molar-refractivity contribution in [3.8, 4) is 0 Å². The fourth-order valence-corrected chi connectivity index (χ4v) is 2.44. The number of H-pyrrole nitrogens is 1. The highest BCUT2D eigenvalue weighted by atomic mass is 16.1. The molecule has 1 aromatic rings. The monoisotopic (exact) mass is 235 g/mol. The van der Waals surface area contributed by atoms with Crippen LogP contribution in [0.4, 0.5) is 5.82 Å². The van der Waals surface area contributed by atoms with E-state index in [4.69, 9.17) is 0 Å². The lowest BCUT2D eigenvalue weighted by Gasteiger charge is -2.38. The van der Waals surface area contributed by atoms with Gasteiger partial charge in [-0.05, 0) is 18.3 Å². The molecule has 0 unspecified atom stereocenters. The van der Waals surface area contributed by atoms with Gasteiger partial charge in [0.15, 0.2) is 0 Å². The van der Waals surface area contributed by atoms with Crippen LogP contribution in [-0.2, 0) is 6.42 Å². The van der Waals surface area contributed by atoms with Crippen LogP contribution in [0.3, 0.4) is 0 Å². The quantitative estimate of drug-likeness (QED) is 0.852. The Bertz CT molecular complexity index is 450. The van der Waals surface area contributed by atoms with E-state index < -0.39 is 0 Å². The van der Waals surface area contributed by atoms with E-state index in [0.29, 0.717) is 5.41 Å². The molecule has 4 nitrogen and oxygen atoms in total. The molecule has 1 fully saturated rings. The van der Waals surface area contributed by atoms with Crippen LogP contribution in [0.25, 0.3) is 0 Å². The number of aryl methyl sites for hydroxylation is 1. The van der Waals surface area contributed by atoms with Gasteiger partial charge in [-0.1, -0.05) is 20.8 Å². The average molecular weight is 235 g/mol. The first-order chi connectivity index (χ1) is 8.00. The van der Waals surface area contributed by atoms with Crippen molar-refractivity contribution in [2.45, 2.75) is 40.0 Å². The van der Waals surface area contributed by atoms with Gasteiger partial charge >= 0.3 is 0 Å². The predicted molar refractivity (Wildman–Crippen MR) is 69.5 cm³/mol. The predicted octanol–water partition coefficient (Wildman–Crippen LogP) is 1.96. The Kier molecular flexibility index (Phi) is 3.22. The van der Waals surface area contributed by atoms with Gasteiger partial charge < -0.3 is 9.88 Å². The van der Waals surface area contributed by atoms with E-state index in [0.717, 1.165) is 31.2 Å². The zero-order valence-electron chi connectivity index (χ0n) is 10.9. The van der Waals surface area contributed by atoms with Crippen molar-refractivity contribution < 1.29 is 0 Å². The van der Waals surface area contributed by atoms with Crippen LogP contribution in [0.2, 0.25) is 0 Å². The van der Waals surface area contributed by atoms with E-state index >= 15 is 0 Å². The van der Waals surface area contributed by atoms with Gasteiger partial charge in [0.25, 0.3) is 5.56 Å². The average Bonchev–Trinajstić information content (AvgIpc) is 2.27. The summed E-state index contributed by atoms with van der Waals surface area (Å²) in [5.41, 5.74) is 0.268. The minimum absolute atomic E-state index is 0.0461. The normalized spacial score (nSPS) is 19.4. The highest BCUT2D eigenvalue weighted by Gasteiger charge is 2.27. The number of anilines is 1. The summed E-state index contributed by atoms with van der Waals surface area (Å²) in [5, 5.41) is 0. The number of aromatic amines is 1. The highest BCUT2D eigenvalue weighted by molar-refractivity contribution is 5.38. The van der Waals surface area contributed by atoms with Crippen molar-refractivity contribution >= 4 is 5.82 Å². The van der Waals surface area contributed by atoms with Crippen LogP contribution >= 0.6 is 0 Å². The Morgan fingerprint density at radius 3 is 2.94 bits per heavy atom. The van der Waals surface area contributed by atoms with Crippen molar-refractivity contribution in [1.29, 1.82) is 0 Å². The smallest absolute Gasteiger partial charge is 0.252 e. The first-order valence-electron chi connectivity index (χ1n) is 6.35. The molecular weight excluding hydrogens is 214 g/mol. The summed E-state index contributed by atoms with van der Waals surface area (Å²) >= 11 is 0. The van der Waals surface area contributed by atoms with Gasteiger partial charge in [0.05, 0.1) is 0 Å². The number of piperidine rings is 1. The molecule has 0 amide bonds. The molecule has 1 N–H and O–H groups in total. The van der Waals surface area contributed by atoms with Crippen LogP contribution in [0, 0.1) is 5.41 Å². The minimum atomic E-state index is -0.0461. The molecule has 0 saturated carbocycles. The lowest BCUT2D eigenvalue weighted by molar-refractivity contribution is 0.292. The molecule has 4 heteroatoms. The third-order valence-corrected chi connectivity index (χ3v) is 3.34. The van der Waals surface area contributed by atoms with Gasteiger partial charge in [-0.15, -0.1) is 0 Å². The summed E-state index contributed by atoms with van der Waals surface area (Å²) in [6.07, 6.45) is 3.18. The Morgan fingerprint density at radius 2 is 2.29 bits per heavy atom. The molecular formula is C13H21N3O. The molecule has 1 aliphatic rings. The molecule has 1 saturated heterocycles. The van der Waals surface area contributed by atoms with Crippen LogP contribution < -0.4 is 10.5 Å². The van der Waals surface area contributed by atoms with Crippen molar-refractivity contribution in [2.24, 2.45) is 5.41 Å². The van der Waals surface area contributed by atoms with Crippen molar-refractivity contribution in [3.63, 3.8) is 0 Å². The van der Waals surface area contributed by atoms with Crippen LogP contribution in [0.5, 0.6) is 0 Å². The lowest BCUT2D eigenvalue weighted by atomic mass is 9.84. The molecule has 1 aromatic heterocycles. The molecule has 2 heterocycles. The van der Waals surface area contributed by atoms with E-state index in [-0.39, 0.29) is 5.56 Å². The zero-order valence-corrected chi connectivity index (χ0v) is 10.9. The largest absolute Gasteiger partial charge is 0.356 e. The number of hydrogen-bond donors (Lipinski definition) is 1. The molecule has 17 heavy (non-hydrogen) atoms. The van der Waals surface area contributed by atoms with Gasteiger partial charge in [0.2, 0.25) is 0 Å². The number of nitrogens with zero attached hydrogens (tertiary/aromatic N) is 2. The molecule has 0 radical (unpaired) electrons. The van der Waals surface area contributed by atoms with Crippen LogP contribution in [-0.4, -0.2) is 23.1 Å². The van der Waals surface area contributed by atoms with Gasteiger partial charge in [-0.3, -0.25) is 4.79 Å². The summed E-state index contributed by atoms with van der Waals surface area (Å²) in [6.45, 7) is 8.53. The summed E-state index contributed by atoms with van der Waals surface area (Å²) in [6, 6.07) is 1.61. The topological polar surface area (TPSA) is 49.0 Å². The third-order valence-electron chi connectivity index (χ3n) is 3.34. The first kappa shape index (κ1) is 12.1. The molecule has 0 aromatic carbocycles. The molecule has 0 atom stereocenters. The number of nitrogens with one attached hydrogen (secondary N) is 1. The minimum Gasteiger partial charge on any atom is -0.356 e. The summed E-state index contributed by atoms with van der Waals surface area (Å²) < 4.78 is 0. The fourth-order valence-electron chi connectivity index (χ4n) is 2.44. The summed E-state index contributed by atoms with van der Waals surface area (Å²) in [7, 11) is 0. The molecule has 0 aliphatic carbocycles. The maximum absolute atomic E-state index is 11.6. The fraction of sp³-hybridized carbons (Fsp3) is 0.692. The molecule has 0 bridgehead atoms. The second kappa shape index (κ2) is 4.51. The van der Waals surface area contributed by atoms with E-state index in [1.165, 1.54) is 12.8 Å². The van der Waals surface area contributed by atoms with E-state index in [2.05, 4.69) is 28.7 Å². The van der Waals surface area contributed by atoms with Gasteiger partial charge in [-0.2, -0.15) is 0 Å². The Morgan fingerprint density at radius 1 is 1.53 bits per heavy atom. The molecule has 94 valence electrons. The van der Waals surface area contributed by atoms with Crippen molar-refractivity contribution in [2.75, 3.05) is 18.0 Å². The number of aromatic nitrogens is 2. The summed E-state index contributed by atoms with van der Waals surface area (Å²) in [5.74, 6) is 1.61. The van der Waals surface area contributed by atoms with Gasteiger partial charge in [-0.25, -0.2) is 4.98 Å². The second-order valence-electron chi connectivity index (χ2n) is 5.59. The molecule has 1 aliphatic heterocycles. The Hall–Kier alpha value is -1.32. The van der Waals surface area contributed by atoms with Crippen LogP contribution in [0.15, 0.2) is 10.9 Å². The van der Waals surface area contributed by atoms with E-state index in [9.17, 15) is 4.79 Å². The second-order valence-corrected chi connectivity index (χ2v) is 5.59. The van der Waals surface area contributed by atoms with E-state index in [1.807, 2.05) is 6.92 Å².